The Hall–Kier alpha value is -7.63. The molecule has 3 aromatic heterocycles. The highest BCUT2D eigenvalue weighted by atomic mass is 16.3. The molecule has 0 N–H and O–H groups in total. The van der Waals surface area contributed by atoms with Crippen LogP contribution in [0.2, 0.25) is 0 Å². The van der Waals surface area contributed by atoms with Crippen LogP contribution in [0.5, 0.6) is 0 Å². The van der Waals surface area contributed by atoms with E-state index in [0.717, 1.165) is 93.8 Å². The van der Waals surface area contributed by atoms with Gasteiger partial charge in [-0.2, -0.15) is 9.97 Å². The lowest BCUT2D eigenvalue weighted by atomic mass is 9.95. The van der Waals surface area contributed by atoms with Crippen molar-refractivity contribution in [1.82, 2.24) is 19.5 Å². The van der Waals surface area contributed by atoms with E-state index in [1.165, 1.54) is 5.56 Å². The number of hydrogen-bond donors (Lipinski definition) is 0. The largest absolute Gasteiger partial charge is 0.456 e. The van der Waals surface area contributed by atoms with E-state index in [2.05, 4.69) is 168 Å². The highest BCUT2D eigenvalue weighted by Gasteiger charge is 2.22. The number of furan rings is 1. The third-order valence-electron chi connectivity index (χ3n) is 11.2. The zero-order valence-electron chi connectivity index (χ0n) is 30.0. The molecule has 0 saturated carbocycles. The molecule has 0 radical (unpaired) electrons. The number of aromatic nitrogens is 4. The minimum Gasteiger partial charge on any atom is -0.456 e. The highest BCUT2D eigenvalue weighted by molar-refractivity contribution is 6.16. The highest BCUT2D eigenvalue weighted by Crippen LogP contribution is 2.41. The fourth-order valence-electron chi connectivity index (χ4n) is 8.50. The van der Waals surface area contributed by atoms with Crippen LogP contribution in [0.1, 0.15) is 0 Å². The Balaban J connectivity index is 1.20. The average Bonchev–Trinajstić information content (AvgIpc) is 3.81. The zero-order valence-corrected chi connectivity index (χ0v) is 30.0. The van der Waals surface area contributed by atoms with Gasteiger partial charge in [0, 0.05) is 32.7 Å². The first-order chi connectivity index (χ1) is 27.7. The molecule has 5 nitrogen and oxygen atoms in total. The summed E-state index contributed by atoms with van der Waals surface area (Å²) in [5, 5.41) is 4.42. The minimum absolute atomic E-state index is 0.547. The summed E-state index contributed by atoms with van der Waals surface area (Å²) in [6.45, 7) is 0. The van der Waals surface area contributed by atoms with E-state index >= 15 is 0 Å². The minimum atomic E-state index is 0.547. The van der Waals surface area contributed by atoms with Gasteiger partial charge in [-0.15, -0.1) is 0 Å². The molecule has 10 bridgehead atoms. The monoisotopic (exact) mass is 714 g/mol. The van der Waals surface area contributed by atoms with Crippen LogP contribution in [0.25, 0.3) is 117 Å². The molecule has 12 rings (SSSR count). The fourth-order valence-corrected chi connectivity index (χ4v) is 8.50. The van der Waals surface area contributed by atoms with Crippen molar-refractivity contribution in [2.24, 2.45) is 0 Å². The molecule has 0 spiro atoms. The molecular formula is C51H30N4O. The first-order valence-electron chi connectivity index (χ1n) is 18.8. The molecule has 0 aliphatic carbocycles. The molecule has 11 aromatic rings. The lowest BCUT2D eigenvalue weighted by Gasteiger charge is -2.13. The summed E-state index contributed by atoms with van der Waals surface area (Å²) in [5.74, 6) is 1.71. The van der Waals surface area contributed by atoms with E-state index < -0.39 is 0 Å². The fraction of sp³-hybridized carbons (Fsp3) is 0. The molecule has 0 unspecified atom stereocenters. The molecule has 56 heavy (non-hydrogen) atoms. The summed E-state index contributed by atoms with van der Waals surface area (Å²) in [5.41, 5.74) is 14.5. The van der Waals surface area contributed by atoms with Gasteiger partial charge in [-0.25, -0.2) is 4.98 Å². The Morgan fingerprint density at radius 1 is 0.339 bits per heavy atom. The first kappa shape index (κ1) is 30.8. The van der Waals surface area contributed by atoms with Crippen molar-refractivity contribution >= 4 is 43.7 Å². The third-order valence-corrected chi connectivity index (χ3v) is 11.2. The summed E-state index contributed by atoms with van der Waals surface area (Å²) in [6.07, 6.45) is 0. The topological polar surface area (TPSA) is 56.7 Å². The lowest BCUT2D eigenvalue weighted by molar-refractivity contribution is 0.669. The molecule has 0 amide bonds. The molecule has 4 heterocycles. The van der Waals surface area contributed by atoms with Crippen molar-refractivity contribution in [1.29, 1.82) is 0 Å². The Morgan fingerprint density at radius 2 is 0.875 bits per heavy atom. The van der Waals surface area contributed by atoms with Gasteiger partial charge in [0.05, 0.1) is 11.0 Å². The van der Waals surface area contributed by atoms with E-state index in [9.17, 15) is 0 Å². The first-order valence-corrected chi connectivity index (χ1v) is 18.8. The molecule has 5 heteroatoms. The van der Waals surface area contributed by atoms with Crippen molar-refractivity contribution in [3.63, 3.8) is 0 Å². The summed E-state index contributed by atoms with van der Waals surface area (Å²) < 4.78 is 8.57. The number of benzene rings is 8. The number of rotatable bonds is 2. The predicted octanol–water partition coefficient (Wildman–Crippen LogP) is 13.2. The van der Waals surface area contributed by atoms with Crippen LogP contribution in [-0.4, -0.2) is 19.5 Å². The molecule has 0 atom stereocenters. The smallest absolute Gasteiger partial charge is 0.238 e. The van der Waals surface area contributed by atoms with Gasteiger partial charge in [0.1, 0.15) is 11.2 Å². The second kappa shape index (κ2) is 11.9. The van der Waals surface area contributed by atoms with Crippen LogP contribution in [0.15, 0.2) is 186 Å². The van der Waals surface area contributed by atoms with E-state index in [-0.39, 0.29) is 0 Å². The number of fused-ring (bicyclic) bond motifs is 20. The van der Waals surface area contributed by atoms with Crippen molar-refractivity contribution < 1.29 is 4.42 Å². The third kappa shape index (κ3) is 4.78. The van der Waals surface area contributed by atoms with Crippen LogP contribution < -0.4 is 0 Å². The van der Waals surface area contributed by atoms with Gasteiger partial charge in [0.15, 0.2) is 11.6 Å². The molecular weight excluding hydrogens is 685 g/mol. The van der Waals surface area contributed by atoms with Crippen LogP contribution in [0, 0.1) is 0 Å². The van der Waals surface area contributed by atoms with Crippen LogP contribution in [0.3, 0.4) is 0 Å². The summed E-state index contributed by atoms with van der Waals surface area (Å²) in [7, 11) is 0. The molecule has 260 valence electrons. The van der Waals surface area contributed by atoms with E-state index in [1.54, 1.807) is 0 Å². The Kier molecular flexibility index (Phi) is 6.56. The normalized spacial score (nSPS) is 11.9. The molecule has 0 saturated heterocycles. The Morgan fingerprint density at radius 3 is 1.61 bits per heavy atom. The summed E-state index contributed by atoms with van der Waals surface area (Å²) in [6, 6.07) is 64.4. The predicted molar refractivity (Wildman–Crippen MR) is 228 cm³/mol. The standard InChI is InChI=1S/C51H30N4O/c1-2-10-31(11-3-1)40-19-9-20-44-48(40)43-25-22-37-29-45(43)55(44)51-53-49(52-50(54-51)39-23-24-42-41-18-4-5-21-46(41)56-47(42)30-39)38-17-8-16-36(28-38)34-14-6-12-32(26-34)33-13-7-15-35(37)27-33/h1-30H. The average molecular weight is 715 g/mol. The maximum absolute atomic E-state index is 6.35. The lowest BCUT2D eigenvalue weighted by Crippen LogP contribution is -2.06. The van der Waals surface area contributed by atoms with Gasteiger partial charge in [0.2, 0.25) is 5.95 Å². The Labute approximate surface area is 321 Å². The molecule has 8 aromatic carbocycles. The second-order valence-corrected chi connectivity index (χ2v) is 14.5. The summed E-state index contributed by atoms with van der Waals surface area (Å²) in [4.78, 5) is 15.9. The maximum atomic E-state index is 6.35. The van der Waals surface area contributed by atoms with Gasteiger partial charge in [-0.1, -0.05) is 133 Å². The maximum Gasteiger partial charge on any atom is 0.238 e. The van der Waals surface area contributed by atoms with E-state index in [0.29, 0.717) is 17.6 Å². The Bertz CT molecular complexity index is 3380. The van der Waals surface area contributed by atoms with Crippen LogP contribution in [-0.2, 0) is 0 Å². The van der Waals surface area contributed by atoms with Gasteiger partial charge in [-0.3, -0.25) is 4.57 Å². The van der Waals surface area contributed by atoms with Gasteiger partial charge in [0.25, 0.3) is 0 Å². The zero-order chi connectivity index (χ0) is 36.7. The van der Waals surface area contributed by atoms with Crippen LogP contribution in [0.4, 0.5) is 0 Å². The van der Waals surface area contributed by atoms with Crippen molar-refractivity contribution in [3.8, 4) is 73.2 Å². The van der Waals surface area contributed by atoms with Crippen molar-refractivity contribution in [3.05, 3.63) is 182 Å². The number of para-hydroxylation sites is 1. The molecule has 1 aliphatic rings. The molecule has 1 aliphatic heterocycles. The quantitative estimate of drug-likeness (QED) is 0.179. The van der Waals surface area contributed by atoms with E-state index in [1.807, 2.05) is 18.2 Å². The van der Waals surface area contributed by atoms with E-state index in [4.69, 9.17) is 19.4 Å². The van der Waals surface area contributed by atoms with Gasteiger partial charge >= 0.3 is 0 Å². The number of nitrogens with zero attached hydrogens (tertiary/aromatic N) is 4. The SMILES string of the molecule is c1ccc(-c2cccc3c2c2ccc4cc2n3-c2nc(nc(-c3ccc5c(c3)oc3ccccc35)n2)-c2cccc(c2)-c2cccc(c2)-c2cccc-4c2)cc1. The van der Waals surface area contributed by atoms with Crippen molar-refractivity contribution in [2.45, 2.75) is 0 Å². The summed E-state index contributed by atoms with van der Waals surface area (Å²) >= 11 is 0. The van der Waals surface area contributed by atoms with Crippen LogP contribution >= 0.6 is 0 Å². The van der Waals surface area contributed by atoms with Gasteiger partial charge in [-0.05, 0) is 93.0 Å². The molecule has 0 fully saturated rings. The van der Waals surface area contributed by atoms with Crippen molar-refractivity contribution in [2.75, 3.05) is 0 Å². The number of hydrogen-bond acceptors (Lipinski definition) is 4. The second-order valence-electron chi connectivity index (χ2n) is 14.5. The van der Waals surface area contributed by atoms with Gasteiger partial charge < -0.3 is 4.42 Å².